The van der Waals surface area contributed by atoms with Crippen LogP contribution in [0.25, 0.3) is 22.0 Å². The van der Waals surface area contributed by atoms with Crippen molar-refractivity contribution in [2.75, 3.05) is 26.2 Å². The summed E-state index contributed by atoms with van der Waals surface area (Å²) >= 11 is 0. The molecule has 3 heterocycles. The van der Waals surface area contributed by atoms with Gasteiger partial charge in [-0.2, -0.15) is 5.10 Å². The van der Waals surface area contributed by atoms with Crippen molar-refractivity contribution in [3.8, 4) is 11.3 Å². The second-order valence-electron chi connectivity index (χ2n) is 7.34. The van der Waals surface area contributed by atoms with E-state index in [0.717, 1.165) is 25.3 Å². The molecule has 6 heteroatoms. The van der Waals surface area contributed by atoms with Gasteiger partial charge < -0.3 is 9.32 Å². The average Bonchev–Trinajstić information content (AvgIpc) is 3.46. The zero-order valence-corrected chi connectivity index (χ0v) is 16.0. The molecular weight excluding hydrogens is 364 g/mol. The fourth-order valence-corrected chi connectivity index (χ4v) is 4.01. The van der Waals surface area contributed by atoms with Crippen LogP contribution in [0.5, 0.6) is 0 Å². The molecule has 0 atom stereocenters. The molecule has 1 aliphatic rings. The zero-order valence-electron chi connectivity index (χ0n) is 16.0. The summed E-state index contributed by atoms with van der Waals surface area (Å²) in [5.41, 5.74) is 3.41. The SMILES string of the molecule is O=C(c1ccco1)N1CCN(Cc2cn[nH]c2-c2cccc3ccccc23)CC1. The maximum absolute atomic E-state index is 12.4. The van der Waals surface area contributed by atoms with Crippen molar-refractivity contribution in [2.24, 2.45) is 0 Å². The van der Waals surface area contributed by atoms with Crippen LogP contribution in [0.1, 0.15) is 16.1 Å². The highest BCUT2D eigenvalue weighted by Gasteiger charge is 2.24. The molecule has 0 bridgehead atoms. The van der Waals surface area contributed by atoms with Crippen LogP contribution in [0.15, 0.2) is 71.5 Å². The van der Waals surface area contributed by atoms with Gasteiger partial charge in [-0.1, -0.05) is 42.5 Å². The number of nitrogens with one attached hydrogen (secondary N) is 1. The molecule has 1 fully saturated rings. The van der Waals surface area contributed by atoms with Gasteiger partial charge in [-0.3, -0.25) is 14.8 Å². The Morgan fingerprint density at radius 2 is 1.83 bits per heavy atom. The first kappa shape index (κ1) is 17.7. The van der Waals surface area contributed by atoms with E-state index in [1.807, 2.05) is 11.1 Å². The van der Waals surface area contributed by atoms with Crippen LogP contribution in [-0.4, -0.2) is 52.1 Å². The molecule has 2 aromatic carbocycles. The third-order valence-electron chi connectivity index (χ3n) is 5.56. The van der Waals surface area contributed by atoms with Crippen LogP contribution in [0.2, 0.25) is 0 Å². The number of piperazine rings is 1. The van der Waals surface area contributed by atoms with Crippen molar-refractivity contribution in [1.29, 1.82) is 0 Å². The Morgan fingerprint density at radius 3 is 2.66 bits per heavy atom. The second-order valence-corrected chi connectivity index (χ2v) is 7.34. The van der Waals surface area contributed by atoms with Crippen LogP contribution in [0.3, 0.4) is 0 Å². The number of carbonyl (C=O) groups excluding carboxylic acids is 1. The number of carbonyl (C=O) groups is 1. The minimum atomic E-state index is -0.0330. The van der Waals surface area contributed by atoms with E-state index in [1.54, 1.807) is 12.1 Å². The monoisotopic (exact) mass is 386 g/mol. The summed E-state index contributed by atoms with van der Waals surface area (Å²) in [6.45, 7) is 3.85. The number of nitrogens with zero attached hydrogens (tertiary/aromatic N) is 3. The van der Waals surface area contributed by atoms with Gasteiger partial charge in [0.1, 0.15) is 0 Å². The highest BCUT2D eigenvalue weighted by Crippen LogP contribution is 2.30. The smallest absolute Gasteiger partial charge is 0.289 e. The zero-order chi connectivity index (χ0) is 19.6. The fourth-order valence-electron chi connectivity index (χ4n) is 4.01. The normalized spacial score (nSPS) is 15.1. The van der Waals surface area contributed by atoms with E-state index in [0.29, 0.717) is 18.8 Å². The molecule has 4 aromatic rings. The van der Waals surface area contributed by atoms with Gasteiger partial charge in [0.15, 0.2) is 5.76 Å². The van der Waals surface area contributed by atoms with Crippen LogP contribution >= 0.6 is 0 Å². The topological polar surface area (TPSA) is 65.4 Å². The number of furan rings is 1. The number of aromatic nitrogens is 2. The fraction of sp³-hybridized carbons (Fsp3) is 0.217. The predicted molar refractivity (Wildman–Crippen MR) is 111 cm³/mol. The molecule has 6 nitrogen and oxygen atoms in total. The lowest BCUT2D eigenvalue weighted by atomic mass is 10.00. The lowest BCUT2D eigenvalue weighted by molar-refractivity contribution is 0.0598. The van der Waals surface area contributed by atoms with Crippen LogP contribution in [0.4, 0.5) is 0 Å². The average molecular weight is 386 g/mol. The van der Waals surface area contributed by atoms with E-state index in [-0.39, 0.29) is 5.91 Å². The molecule has 29 heavy (non-hydrogen) atoms. The van der Waals surface area contributed by atoms with Crippen LogP contribution < -0.4 is 0 Å². The summed E-state index contributed by atoms with van der Waals surface area (Å²) in [7, 11) is 0. The predicted octanol–water partition coefficient (Wildman–Crippen LogP) is 3.78. The lowest BCUT2D eigenvalue weighted by Gasteiger charge is -2.34. The van der Waals surface area contributed by atoms with Crippen molar-refractivity contribution >= 4 is 16.7 Å². The molecule has 1 N–H and O–H groups in total. The van der Waals surface area contributed by atoms with E-state index in [4.69, 9.17) is 4.42 Å². The quantitative estimate of drug-likeness (QED) is 0.580. The first-order chi connectivity index (χ1) is 14.3. The molecule has 5 rings (SSSR count). The highest BCUT2D eigenvalue weighted by molar-refractivity contribution is 5.96. The molecular formula is C23H22N4O2. The third-order valence-corrected chi connectivity index (χ3v) is 5.56. The molecule has 0 saturated carbocycles. The second kappa shape index (κ2) is 7.56. The van der Waals surface area contributed by atoms with Crippen molar-refractivity contribution in [2.45, 2.75) is 6.54 Å². The minimum absolute atomic E-state index is 0.0330. The number of H-pyrrole nitrogens is 1. The van der Waals surface area contributed by atoms with E-state index in [9.17, 15) is 4.79 Å². The molecule has 0 aliphatic carbocycles. The molecule has 1 saturated heterocycles. The molecule has 0 radical (unpaired) electrons. The van der Waals surface area contributed by atoms with Gasteiger partial charge in [-0.15, -0.1) is 0 Å². The first-order valence-corrected chi connectivity index (χ1v) is 9.85. The Kier molecular flexibility index (Phi) is 4.62. The Labute approximate surface area is 168 Å². The number of amides is 1. The maximum Gasteiger partial charge on any atom is 0.289 e. The number of rotatable bonds is 4. The molecule has 1 amide bonds. The number of hydrogen-bond donors (Lipinski definition) is 1. The van der Waals surface area contributed by atoms with Gasteiger partial charge in [0.2, 0.25) is 0 Å². The van der Waals surface area contributed by atoms with E-state index < -0.39 is 0 Å². The van der Waals surface area contributed by atoms with Gasteiger partial charge in [0.25, 0.3) is 5.91 Å². The Hall–Kier alpha value is -3.38. The van der Waals surface area contributed by atoms with Gasteiger partial charge >= 0.3 is 0 Å². The Balaban J connectivity index is 1.31. The lowest BCUT2D eigenvalue weighted by Crippen LogP contribution is -2.48. The minimum Gasteiger partial charge on any atom is -0.459 e. The number of fused-ring (bicyclic) bond motifs is 1. The van der Waals surface area contributed by atoms with E-state index in [1.165, 1.54) is 28.2 Å². The summed E-state index contributed by atoms with van der Waals surface area (Å²) in [4.78, 5) is 16.7. The Morgan fingerprint density at radius 1 is 1.00 bits per heavy atom. The number of aromatic amines is 1. The van der Waals surface area contributed by atoms with E-state index >= 15 is 0 Å². The van der Waals surface area contributed by atoms with Gasteiger partial charge in [-0.25, -0.2) is 0 Å². The van der Waals surface area contributed by atoms with Crippen molar-refractivity contribution in [1.82, 2.24) is 20.0 Å². The van der Waals surface area contributed by atoms with Crippen molar-refractivity contribution < 1.29 is 9.21 Å². The van der Waals surface area contributed by atoms with Gasteiger partial charge in [-0.05, 0) is 22.9 Å². The number of hydrogen-bond acceptors (Lipinski definition) is 4. The van der Waals surface area contributed by atoms with Gasteiger partial charge in [0, 0.05) is 43.9 Å². The van der Waals surface area contributed by atoms with Gasteiger partial charge in [0.05, 0.1) is 18.2 Å². The summed E-state index contributed by atoms with van der Waals surface area (Å²) in [6.07, 6.45) is 3.45. The summed E-state index contributed by atoms with van der Waals surface area (Å²) in [5, 5.41) is 9.95. The van der Waals surface area contributed by atoms with E-state index in [2.05, 4.69) is 57.6 Å². The molecule has 0 spiro atoms. The standard InChI is InChI=1S/C23H22N4O2/c28-23(21-9-4-14-29-21)27-12-10-26(11-13-27)16-18-15-24-25-22(18)20-8-3-6-17-5-1-2-7-19(17)20/h1-9,14-15H,10-13,16H2,(H,24,25). The van der Waals surface area contributed by atoms with Crippen LogP contribution in [0, 0.1) is 0 Å². The van der Waals surface area contributed by atoms with Crippen molar-refractivity contribution in [3.05, 3.63) is 78.4 Å². The third kappa shape index (κ3) is 3.43. The first-order valence-electron chi connectivity index (χ1n) is 9.85. The highest BCUT2D eigenvalue weighted by atomic mass is 16.3. The molecule has 0 unspecified atom stereocenters. The molecule has 146 valence electrons. The maximum atomic E-state index is 12.4. The van der Waals surface area contributed by atoms with Crippen LogP contribution in [-0.2, 0) is 6.54 Å². The van der Waals surface area contributed by atoms with Crippen molar-refractivity contribution in [3.63, 3.8) is 0 Å². The summed E-state index contributed by atoms with van der Waals surface area (Å²) in [6, 6.07) is 18.2. The summed E-state index contributed by atoms with van der Waals surface area (Å²) in [5.74, 6) is 0.376. The summed E-state index contributed by atoms with van der Waals surface area (Å²) < 4.78 is 5.24. The molecule has 2 aromatic heterocycles. The molecule has 1 aliphatic heterocycles. The largest absolute Gasteiger partial charge is 0.459 e. The Bertz CT molecular complexity index is 1120. The number of benzene rings is 2.